The summed E-state index contributed by atoms with van der Waals surface area (Å²) in [5.41, 5.74) is 3.70. The summed E-state index contributed by atoms with van der Waals surface area (Å²) in [6.07, 6.45) is 0.955. The Bertz CT molecular complexity index is 1240. The fourth-order valence-corrected chi connectivity index (χ4v) is 4.35. The van der Waals surface area contributed by atoms with Gasteiger partial charge in [-0.25, -0.2) is 0 Å². The van der Waals surface area contributed by atoms with Crippen LogP contribution in [0.25, 0.3) is 17.1 Å². The molecule has 0 radical (unpaired) electrons. The van der Waals surface area contributed by atoms with E-state index in [1.807, 2.05) is 84.3 Å². The van der Waals surface area contributed by atoms with Crippen molar-refractivity contribution in [1.82, 2.24) is 14.8 Å². The molecule has 0 aliphatic heterocycles. The van der Waals surface area contributed by atoms with Crippen LogP contribution < -0.4 is 5.32 Å². The second kappa shape index (κ2) is 10.4. The average Bonchev–Trinajstić information content (AvgIpc) is 3.24. The largest absolute Gasteiger partial charge is 0.325 e. The molecule has 33 heavy (non-hydrogen) atoms. The van der Waals surface area contributed by atoms with Crippen LogP contribution in [0.4, 0.5) is 5.69 Å². The van der Waals surface area contributed by atoms with Gasteiger partial charge in [-0.3, -0.25) is 9.36 Å². The zero-order valence-corrected chi connectivity index (χ0v) is 20.5. The van der Waals surface area contributed by atoms with E-state index >= 15 is 0 Å². The van der Waals surface area contributed by atoms with E-state index in [0.29, 0.717) is 21.0 Å². The van der Waals surface area contributed by atoms with Crippen LogP contribution in [0.1, 0.15) is 19.4 Å². The number of carbonyl (C=O) groups excluding carboxylic acids is 1. The molecule has 4 rings (SSSR count). The molecule has 1 atom stereocenters. The van der Waals surface area contributed by atoms with Gasteiger partial charge in [0.05, 0.1) is 5.25 Å². The molecule has 4 aromatic rings. The molecule has 0 aliphatic rings. The molecular formula is C25H22Cl2N4OS. The predicted molar refractivity (Wildman–Crippen MR) is 137 cm³/mol. The van der Waals surface area contributed by atoms with Crippen LogP contribution in [-0.2, 0) is 11.2 Å². The molecule has 1 N–H and O–H groups in total. The van der Waals surface area contributed by atoms with Gasteiger partial charge in [-0.2, -0.15) is 0 Å². The molecular weight excluding hydrogens is 475 g/mol. The van der Waals surface area contributed by atoms with Crippen LogP contribution in [0.3, 0.4) is 0 Å². The van der Waals surface area contributed by atoms with E-state index in [0.717, 1.165) is 23.4 Å². The molecule has 3 aromatic carbocycles. The number of aromatic nitrogens is 3. The number of rotatable bonds is 7. The number of hydrogen-bond acceptors (Lipinski definition) is 4. The van der Waals surface area contributed by atoms with Crippen LogP contribution in [-0.4, -0.2) is 25.9 Å². The molecule has 5 nitrogen and oxygen atoms in total. The number of aryl methyl sites for hydroxylation is 1. The summed E-state index contributed by atoms with van der Waals surface area (Å²) < 4.78 is 1.92. The van der Waals surface area contributed by atoms with Crippen molar-refractivity contribution in [2.75, 3.05) is 5.32 Å². The highest BCUT2D eigenvalue weighted by Crippen LogP contribution is 2.31. The van der Waals surface area contributed by atoms with E-state index in [4.69, 9.17) is 23.2 Å². The normalized spacial score (nSPS) is 11.9. The zero-order chi connectivity index (χ0) is 23.4. The van der Waals surface area contributed by atoms with Crippen LogP contribution >= 0.6 is 35.0 Å². The van der Waals surface area contributed by atoms with Crippen LogP contribution in [0.15, 0.2) is 78.0 Å². The number of anilines is 1. The van der Waals surface area contributed by atoms with E-state index in [9.17, 15) is 4.79 Å². The summed E-state index contributed by atoms with van der Waals surface area (Å²) in [7, 11) is 0. The van der Waals surface area contributed by atoms with Crippen LogP contribution in [0.2, 0.25) is 10.0 Å². The number of hydrogen-bond donors (Lipinski definition) is 1. The molecule has 0 unspecified atom stereocenters. The van der Waals surface area contributed by atoms with Gasteiger partial charge in [0.25, 0.3) is 0 Å². The number of carbonyl (C=O) groups is 1. The fraction of sp³-hybridized carbons (Fsp3) is 0.160. The lowest BCUT2D eigenvalue weighted by molar-refractivity contribution is -0.115. The lowest BCUT2D eigenvalue weighted by Gasteiger charge is -2.14. The van der Waals surface area contributed by atoms with Gasteiger partial charge in [0.2, 0.25) is 5.91 Å². The topological polar surface area (TPSA) is 59.8 Å². The van der Waals surface area contributed by atoms with Crippen molar-refractivity contribution in [2.24, 2.45) is 0 Å². The minimum Gasteiger partial charge on any atom is -0.325 e. The SMILES string of the molecule is CCc1ccc(NC(=O)[C@H](C)Sc2nnc(-c3ccc(Cl)cc3)n2-c2ccc(Cl)cc2)cc1. The average molecular weight is 497 g/mol. The highest BCUT2D eigenvalue weighted by atomic mass is 35.5. The summed E-state index contributed by atoms with van der Waals surface area (Å²) in [4.78, 5) is 12.9. The maximum Gasteiger partial charge on any atom is 0.237 e. The monoisotopic (exact) mass is 496 g/mol. The van der Waals surface area contributed by atoms with Crippen LogP contribution in [0, 0.1) is 0 Å². The third-order valence-electron chi connectivity index (χ3n) is 5.10. The van der Waals surface area contributed by atoms with Gasteiger partial charge in [0.15, 0.2) is 11.0 Å². The van der Waals surface area contributed by atoms with Crippen molar-refractivity contribution in [3.05, 3.63) is 88.4 Å². The number of thioether (sulfide) groups is 1. The van der Waals surface area contributed by atoms with Crippen molar-refractivity contribution in [1.29, 1.82) is 0 Å². The van der Waals surface area contributed by atoms with Crippen molar-refractivity contribution >= 4 is 46.6 Å². The molecule has 1 heterocycles. The maximum absolute atomic E-state index is 12.9. The standard InChI is InChI=1S/C25H22Cl2N4OS/c1-3-17-4-12-21(13-5-17)28-24(32)16(2)33-25-30-29-23(18-6-8-19(26)9-7-18)31(25)22-14-10-20(27)11-15-22/h4-16H,3H2,1-2H3,(H,28,32)/t16-/m0/s1. The Kier molecular flexibility index (Phi) is 7.38. The van der Waals surface area contributed by atoms with Crippen LogP contribution in [0.5, 0.6) is 0 Å². The first-order valence-electron chi connectivity index (χ1n) is 10.5. The second-order valence-corrected chi connectivity index (χ2v) is 9.61. The summed E-state index contributed by atoms with van der Waals surface area (Å²) in [5, 5.41) is 13.3. The van der Waals surface area contributed by atoms with Gasteiger partial charge >= 0.3 is 0 Å². The molecule has 8 heteroatoms. The number of nitrogens with one attached hydrogen (secondary N) is 1. The molecule has 0 aliphatic carbocycles. The highest BCUT2D eigenvalue weighted by Gasteiger charge is 2.22. The van der Waals surface area contributed by atoms with Gasteiger partial charge < -0.3 is 5.32 Å². The van der Waals surface area contributed by atoms with Gasteiger partial charge in [0, 0.05) is 27.0 Å². The minimum atomic E-state index is -0.399. The van der Waals surface area contributed by atoms with Gasteiger partial charge in [0.1, 0.15) is 0 Å². The lowest BCUT2D eigenvalue weighted by atomic mass is 10.1. The van der Waals surface area contributed by atoms with E-state index in [-0.39, 0.29) is 5.91 Å². The molecule has 1 aromatic heterocycles. The summed E-state index contributed by atoms with van der Waals surface area (Å²) in [6, 6.07) is 22.7. The Morgan fingerprint density at radius 1 is 0.939 bits per heavy atom. The minimum absolute atomic E-state index is 0.108. The Morgan fingerprint density at radius 2 is 1.55 bits per heavy atom. The Hall–Kier alpha value is -2.80. The van der Waals surface area contributed by atoms with Gasteiger partial charge in [-0.15, -0.1) is 10.2 Å². The Balaban J connectivity index is 1.61. The lowest BCUT2D eigenvalue weighted by Crippen LogP contribution is -2.22. The number of amides is 1. The van der Waals surface area contributed by atoms with Crippen molar-refractivity contribution in [2.45, 2.75) is 30.7 Å². The van der Waals surface area contributed by atoms with Gasteiger partial charge in [-0.05, 0) is 79.6 Å². The van der Waals surface area contributed by atoms with Gasteiger partial charge in [-0.1, -0.05) is 54.0 Å². The molecule has 0 spiro atoms. The van der Waals surface area contributed by atoms with E-state index < -0.39 is 5.25 Å². The third-order valence-corrected chi connectivity index (χ3v) is 6.65. The Labute approximate surface area is 207 Å². The first-order valence-corrected chi connectivity index (χ1v) is 12.1. The van der Waals surface area contributed by atoms with Crippen molar-refractivity contribution < 1.29 is 4.79 Å². The highest BCUT2D eigenvalue weighted by molar-refractivity contribution is 8.00. The molecule has 0 bridgehead atoms. The number of benzene rings is 3. The van der Waals surface area contributed by atoms with E-state index in [2.05, 4.69) is 22.4 Å². The first-order chi connectivity index (χ1) is 15.9. The second-order valence-electron chi connectivity index (χ2n) is 7.42. The molecule has 168 valence electrons. The summed E-state index contributed by atoms with van der Waals surface area (Å²) in [6.45, 7) is 3.95. The quantitative estimate of drug-likeness (QED) is 0.282. The van der Waals surface area contributed by atoms with Crippen molar-refractivity contribution in [3.63, 3.8) is 0 Å². The van der Waals surface area contributed by atoms with E-state index in [1.54, 1.807) is 0 Å². The first kappa shape index (κ1) is 23.4. The van der Waals surface area contributed by atoms with Crippen molar-refractivity contribution in [3.8, 4) is 17.1 Å². The molecule has 1 amide bonds. The smallest absolute Gasteiger partial charge is 0.237 e. The fourth-order valence-electron chi connectivity index (χ4n) is 3.23. The third kappa shape index (κ3) is 5.58. The van der Waals surface area contributed by atoms with E-state index in [1.165, 1.54) is 17.3 Å². The predicted octanol–water partition coefficient (Wildman–Crippen LogP) is 6.92. The summed E-state index contributed by atoms with van der Waals surface area (Å²) in [5.74, 6) is 0.544. The Morgan fingerprint density at radius 3 is 2.15 bits per heavy atom. The number of halogens is 2. The maximum atomic E-state index is 12.9. The zero-order valence-electron chi connectivity index (χ0n) is 18.1. The summed E-state index contributed by atoms with van der Waals surface area (Å²) >= 11 is 13.5. The number of nitrogens with zero attached hydrogens (tertiary/aromatic N) is 3. The molecule has 0 saturated carbocycles. The molecule has 0 fully saturated rings. The molecule has 0 saturated heterocycles.